The molecule has 0 amide bonds. The minimum atomic E-state index is -0.362. The number of carbonyl (C=O) groups excluding carboxylic acids is 1. The molecule has 0 saturated heterocycles. The van der Waals surface area contributed by atoms with Crippen molar-refractivity contribution in [2.24, 2.45) is 0 Å². The van der Waals surface area contributed by atoms with E-state index in [0.717, 1.165) is 11.3 Å². The molecule has 114 valence electrons. The molecule has 0 unspecified atom stereocenters. The summed E-state index contributed by atoms with van der Waals surface area (Å²) < 4.78 is 18.6. The molecule has 0 N–H and O–H groups in total. The largest absolute Gasteiger partial charge is 0.457 e. The standard InChI is InChI=1S/C20H15FO2/c1-14-2-4-16(5-3-14)20-13-11-18(23-20)10-12-19(22)15-6-8-17(21)9-7-15/h2-13H,1H3/b12-10+. The highest BCUT2D eigenvalue weighted by Gasteiger charge is 2.05. The Labute approximate surface area is 133 Å². The number of hydrogen-bond donors (Lipinski definition) is 0. The van der Waals surface area contributed by atoms with E-state index >= 15 is 0 Å². The highest BCUT2D eigenvalue weighted by molar-refractivity contribution is 6.06. The molecule has 2 nitrogen and oxygen atoms in total. The van der Waals surface area contributed by atoms with E-state index in [4.69, 9.17) is 4.42 Å². The second-order valence-corrected chi connectivity index (χ2v) is 5.27. The van der Waals surface area contributed by atoms with Crippen LogP contribution in [0.2, 0.25) is 0 Å². The van der Waals surface area contributed by atoms with Gasteiger partial charge in [-0.3, -0.25) is 4.79 Å². The van der Waals surface area contributed by atoms with Gasteiger partial charge in [0.1, 0.15) is 17.3 Å². The fraction of sp³-hybridized carbons (Fsp3) is 0.0500. The highest BCUT2D eigenvalue weighted by atomic mass is 19.1. The summed E-state index contributed by atoms with van der Waals surface area (Å²) in [4.78, 5) is 12.0. The Hall–Kier alpha value is -2.94. The average Bonchev–Trinajstić information content (AvgIpc) is 3.03. The summed E-state index contributed by atoms with van der Waals surface area (Å²) in [6.45, 7) is 2.03. The van der Waals surface area contributed by atoms with Crippen LogP contribution >= 0.6 is 0 Å². The number of carbonyl (C=O) groups is 1. The molecule has 0 radical (unpaired) electrons. The number of ketones is 1. The van der Waals surface area contributed by atoms with Gasteiger partial charge in [0, 0.05) is 11.1 Å². The normalized spacial score (nSPS) is 11.0. The van der Waals surface area contributed by atoms with Crippen molar-refractivity contribution in [1.82, 2.24) is 0 Å². The number of benzene rings is 2. The fourth-order valence-corrected chi connectivity index (χ4v) is 2.18. The van der Waals surface area contributed by atoms with Crippen LogP contribution in [0.25, 0.3) is 17.4 Å². The quantitative estimate of drug-likeness (QED) is 0.484. The van der Waals surface area contributed by atoms with Crippen LogP contribution in [0, 0.1) is 12.7 Å². The van der Waals surface area contributed by atoms with Crippen molar-refractivity contribution in [3.05, 3.63) is 89.4 Å². The maximum Gasteiger partial charge on any atom is 0.185 e. The molecule has 0 bridgehead atoms. The van der Waals surface area contributed by atoms with E-state index in [9.17, 15) is 9.18 Å². The van der Waals surface area contributed by atoms with Crippen molar-refractivity contribution in [3.8, 4) is 11.3 Å². The second-order valence-electron chi connectivity index (χ2n) is 5.27. The van der Waals surface area contributed by atoms with Gasteiger partial charge >= 0.3 is 0 Å². The second kappa shape index (κ2) is 6.44. The van der Waals surface area contributed by atoms with Crippen molar-refractivity contribution in [2.75, 3.05) is 0 Å². The van der Waals surface area contributed by atoms with Crippen molar-refractivity contribution in [1.29, 1.82) is 0 Å². The van der Waals surface area contributed by atoms with Crippen molar-refractivity contribution in [3.63, 3.8) is 0 Å². The Bertz CT molecular complexity index is 840. The number of rotatable bonds is 4. The zero-order chi connectivity index (χ0) is 16.2. The molecule has 2 aromatic carbocycles. The monoisotopic (exact) mass is 306 g/mol. The summed E-state index contributed by atoms with van der Waals surface area (Å²) in [5.74, 6) is 0.785. The predicted octanol–water partition coefficient (Wildman–Crippen LogP) is 5.29. The van der Waals surface area contributed by atoms with Crippen molar-refractivity contribution >= 4 is 11.9 Å². The number of furan rings is 1. The van der Waals surface area contributed by atoms with Crippen LogP contribution < -0.4 is 0 Å². The molecular formula is C20H15FO2. The third-order valence-electron chi connectivity index (χ3n) is 3.49. The van der Waals surface area contributed by atoms with E-state index in [0.29, 0.717) is 11.3 Å². The van der Waals surface area contributed by atoms with E-state index in [1.54, 1.807) is 6.08 Å². The van der Waals surface area contributed by atoms with Crippen LogP contribution in [0.4, 0.5) is 4.39 Å². The van der Waals surface area contributed by atoms with Crippen LogP contribution in [0.15, 0.2) is 71.2 Å². The lowest BCUT2D eigenvalue weighted by Crippen LogP contribution is -1.93. The van der Waals surface area contributed by atoms with Crippen LogP contribution in [-0.2, 0) is 0 Å². The lowest BCUT2D eigenvalue weighted by molar-refractivity contribution is 0.104. The molecule has 23 heavy (non-hydrogen) atoms. The lowest BCUT2D eigenvalue weighted by Gasteiger charge is -1.97. The number of hydrogen-bond acceptors (Lipinski definition) is 2. The molecule has 0 aliphatic rings. The van der Waals surface area contributed by atoms with Gasteiger partial charge < -0.3 is 4.42 Å². The molecular weight excluding hydrogens is 291 g/mol. The van der Waals surface area contributed by atoms with E-state index in [1.165, 1.54) is 35.9 Å². The van der Waals surface area contributed by atoms with Gasteiger partial charge in [-0.15, -0.1) is 0 Å². The molecule has 3 aromatic rings. The SMILES string of the molecule is Cc1ccc(-c2ccc(/C=C/C(=O)c3ccc(F)cc3)o2)cc1. The zero-order valence-electron chi connectivity index (χ0n) is 12.6. The Morgan fingerprint density at radius 1 is 0.957 bits per heavy atom. The molecule has 0 fully saturated rings. The maximum atomic E-state index is 12.8. The van der Waals surface area contributed by atoms with E-state index in [-0.39, 0.29) is 11.6 Å². The third-order valence-corrected chi connectivity index (χ3v) is 3.49. The third kappa shape index (κ3) is 3.64. The molecule has 1 heterocycles. The highest BCUT2D eigenvalue weighted by Crippen LogP contribution is 2.23. The molecule has 1 aromatic heterocycles. The van der Waals surface area contributed by atoms with Crippen LogP contribution in [0.3, 0.4) is 0 Å². The molecule has 0 aliphatic heterocycles. The Morgan fingerprint density at radius 2 is 1.65 bits per heavy atom. The van der Waals surface area contributed by atoms with Gasteiger partial charge in [-0.25, -0.2) is 4.39 Å². The van der Waals surface area contributed by atoms with Gasteiger partial charge in [0.25, 0.3) is 0 Å². The summed E-state index contributed by atoms with van der Waals surface area (Å²) in [6, 6.07) is 17.2. The Balaban J connectivity index is 1.74. The van der Waals surface area contributed by atoms with Crippen molar-refractivity contribution < 1.29 is 13.6 Å². The van der Waals surface area contributed by atoms with E-state index in [2.05, 4.69) is 0 Å². The van der Waals surface area contributed by atoms with Gasteiger partial charge in [0.2, 0.25) is 0 Å². The van der Waals surface area contributed by atoms with Crippen LogP contribution in [-0.4, -0.2) is 5.78 Å². The molecule has 3 rings (SSSR count). The van der Waals surface area contributed by atoms with E-state index in [1.807, 2.05) is 43.3 Å². The summed E-state index contributed by atoms with van der Waals surface area (Å²) in [6.07, 6.45) is 3.04. The summed E-state index contributed by atoms with van der Waals surface area (Å²) in [5, 5.41) is 0. The molecule has 0 spiro atoms. The van der Waals surface area contributed by atoms with Gasteiger partial charge in [0.05, 0.1) is 0 Å². The van der Waals surface area contributed by atoms with Gasteiger partial charge in [-0.05, 0) is 55.5 Å². The van der Waals surface area contributed by atoms with Gasteiger partial charge in [-0.2, -0.15) is 0 Å². The number of allylic oxidation sites excluding steroid dienone is 1. The minimum Gasteiger partial charge on any atom is -0.457 e. The minimum absolute atomic E-state index is 0.196. The van der Waals surface area contributed by atoms with E-state index < -0.39 is 0 Å². The first kappa shape index (κ1) is 15.0. The smallest absolute Gasteiger partial charge is 0.185 e. The maximum absolute atomic E-state index is 12.8. The molecule has 0 saturated carbocycles. The first-order chi connectivity index (χ1) is 11.1. The lowest BCUT2D eigenvalue weighted by atomic mass is 10.1. The topological polar surface area (TPSA) is 30.2 Å². The van der Waals surface area contributed by atoms with Gasteiger partial charge in [-0.1, -0.05) is 29.8 Å². The summed E-state index contributed by atoms with van der Waals surface area (Å²) in [7, 11) is 0. The predicted molar refractivity (Wildman–Crippen MR) is 88.6 cm³/mol. The number of aryl methyl sites for hydroxylation is 1. The van der Waals surface area contributed by atoms with Crippen LogP contribution in [0.5, 0.6) is 0 Å². The number of halogens is 1. The fourth-order valence-electron chi connectivity index (χ4n) is 2.18. The molecule has 0 atom stereocenters. The first-order valence-electron chi connectivity index (χ1n) is 7.27. The summed E-state index contributed by atoms with van der Waals surface area (Å²) in [5.41, 5.74) is 2.61. The first-order valence-corrected chi connectivity index (χ1v) is 7.27. The van der Waals surface area contributed by atoms with Crippen molar-refractivity contribution in [2.45, 2.75) is 6.92 Å². The molecule has 3 heteroatoms. The molecule has 0 aliphatic carbocycles. The average molecular weight is 306 g/mol. The Kier molecular flexibility index (Phi) is 4.20. The van der Waals surface area contributed by atoms with Gasteiger partial charge in [0.15, 0.2) is 5.78 Å². The Morgan fingerprint density at radius 3 is 2.35 bits per heavy atom. The van der Waals surface area contributed by atoms with Crippen LogP contribution in [0.1, 0.15) is 21.7 Å². The summed E-state index contributed by atoms with van der Waals surface area (Å²) >= 11 is 0. The zero-order valence-corrected chi connectivity index (χ0v) is 12.6.